The molecule has 0 aliphatic carbocycles. The molecule has 6 nitrogen and oxygen atoms in total. The lowest BCUT2D eigenvalue weighted by Crippen LogP contribution is -2.17. The number of hydrogen-bond acceptors (Lipinski definition) is 6. The number of hydrogen-bond donors (Lipinski definition) is 2. The minimum absolute atomic E-state index is 0.0654. The van der Waals surface area contributed by atoms with Crippen LogP contribution in [0.25, 0.3) is 10.2 Å². The van der Waals surface area contributed by atoms with Crippen LogP contribution in [-0.2, 0) is 4.74 Å². The molecule has 0 fully saturated rings. The Kier molecular flexibility index (Phi) is 4.11. The Morgan fingerprint density at radius 1 is 1.33 bits per heavy atom. The second-order valence-electron chi connectivity index (χ2n) is 5.48. The summed E-state index contributed by atoms with van der Waals surface area (Å²) in [7, 11) is 0. The number of phenolic OH excluding ortho intramolecular Hbond substituents is 1. The Morgan fingerprint density at radius 2 is 2.04 bits per heavy atom. The normalized spacial score (nSPS) is 12.3. The molecule has 2 aromatic heterocycles. The van der Waals surface area contributed by atoms with Gasteiger partial charge in [0.1, 0.15) is 16.1 Å². The van der Waals surface area contributed by atoms with Gasteiger partial charge >= 0.3 is 5.97 Å². The van der Waals surface area contributed by atoms with Crippen LogP contribution in [-0.4, -0.2) is 21.0 Å². The molecule has 0 spiro atoms. The van der Waals surface area contributed by atoms with Gasteiger partial charge in [0, 0.05) is 4.88 Å². The van der Waals surface area contributed by atoms with Crippen molar-refractivity contribution in [1.82, 2.24) is 9.97 Å². The molecule has 1 aromatic carbocycles. The summed E-state index contributed by atoms with van der Waals surface area (Å²) in [6.45, 7) is 5.43. The van der Waals surface area contributed by atoms with E-state index in [9.17, 15) is 14.7 Å². The third-order valence-corrected chi connectivity index (χ3v) is 4.95. The van der Waals surface area contributed by atoms with Gasteiger partial charge in [-0.3, -0.25) is 4.79 Å². The maximum absolute atomic E-state index is 12.3. The lowest BCUT2D eigenvalue weighted by molar-refractivity contribution is 0.0317. The topological polar surface area (TPSA) is 92.3 Å². The fourth-order valence-corrected chi connectivity index (χ4v) is 3.43. The lowest BCUT2D eigenvalue weighted by Gasteiger charge is -2.13. The molecule has 24 heavy (non-hydrogen) atoms. The summed E-state index contributed by atoms with van der Waals surface area (Å²) in [5.41, 5.74) is 0.729. The van der Waals surface area contributed by atoms with E-state index in [1.165, 1.54) is 23.5 Å². The summed E-state index contributed by atoms with van der Waals surface area (Å²) in [6.07, 6.45) is -0.753. The van der Waals surface area contributed by atoms with E-state index in [4.69, 9.17) is 4.74 Å². The molecule has 2 heterocycles. The minimum atomic E-state index is -0.753. The van der Waals surface area contributed by atoms with E-state index in [1.54, 1.807) is 19.1 Å². The van der Waals surface area contributed by atoms with Crippen molar-refractivity contribution in [2.75, 3.05) is 0 Å². The van der Waals surface area contributed by atoms with Crippen molar-refractivity contribution in [2.24, 2.45) is 0 Å². The quantitative estimate of drug-likeness (QED) is 0.712. The molecule has 124 valence electrons. The number of ether oxygens (including phenoxy) is 1. The Hall–Kier alpha value is -2.67. The number of aromatic nitrogens is 2. The summed E-state index contributed by atoms with van der Waals surface area (Å²) in [6, 6.07) is 6.12. The fraction of sp³-hybridized carbons (Fsp3) is 0.235. The molecular weight excluding hydrogens is 328 g/mol. The number of H-pyrrole nitrogens is 1. The van der Waals surface area contributed by atoms with Crippen molar-refractivity contribution in [2.45, 2.75) is 26.9 Å². The number of phenols is 1. The zero-order valence-electron chi connectivity index (χ0n) is 13.4. The highest BCUT2D eigenvalue weighted by Gasteiger charge is 2.20. The fourth-order valence-electron chi connectivity index (χ4n) is 2.39. The Balaban J connectivity index is 1.92. The van der Waals surface area contributed by atoms with Crippen molar-refractivity contribution in [3.05, 3.63) is 56.4 Å². The molecule has 0 aliphatic rings. The molecule has 0 saturated carbocycles. The number of para-hydroxylation sites is 1. The molecular formula is C17H16N2O4S. The van der Waals surface area contributed by atoms with Gasteiger partial charge in [0.2, 0.25) is 0 Å². The summed E-state index contributed by atoms with van der Waals surface area (Å²) in [5.74, 6) is -0.560. The number of aromatic amines is 1. The summed E-state index contributed by atoms with van der Waals surface area (Å²) < 4.78 is 5.32. The predicted molar refractivity (Wildman–Crippen MR) is 91.7 cm³/mol. The van der Waals surface area contributed by atoms with Gasteiger partial charge in [-0.25, -0.2) is 9.78 Å². The number of thiophene rings is 1. The molecule has 0 radical (unpaired) electrons. The minimum Gasteiger partial charge on any atom is -0.507 e. The third kappa shape index (κ3) is 2.78. The maximum atomic E-state index is 12.3. The van der Waals surface area contributed by atoms with Gasteiger partial charge in [0.15, 0.2) is 11.9 Å². The monoisotopic (exact) mass is 344 g/mol. The first kappa shape index (κ1) is 16.2. The molecule has 7 heteroatoms. The number of fused-ring (bicyclic) bond motifs is 1. The van der Waals surface area contributed by atoms with E-state index in [0.717, 1.165) is 10.4 Å². The van der Waals surface area contributed by atoms with Gasteiger partial charge < -0.3 is 14.8 Å². The summed E-state index contributed by atoms with van der Waals surface area (Å²) >= 11 is 1.43. The van der Waals surface area contributed by atoms with E-state index >= 15 is 0 Å². The van der Waals surface area contributed by atoms with Crippen LogP contribution in [0.15, 0.2) is 29.1 Å². The van der Waals surface area contributed by atoms with Crippen LogP contribution in [0.4, 0.5) is 0 Å². The van der Waals surface area contributed by atoms with Gasteiger partial charge in [-0.15, -0.1) is 11.3 Å². The van der Waals surface area contributed by atoms with Gasteiger partial charge in [-0.1, -0.05) is 12.1 Å². The maximum Gasteiger partial charge on any atom is 0.342 e. The molecule has 1 atom stereocenters. The Morgan fingerprint density at radius 3 is 2.75 bits per heavy atom. The van der Waals surface area contributed by atoms with Crippen LogP contribution in [0.3, 0.4) is 0 Å². The zero-order chi connectivity index (χ0) is 17.4. The standard InChI is InChI=1S/C17H16N2O4S/c1-8-10(3)24-16-13(8)15(21)18-14(19-16)9(2)23-17(22)11-6-4-5-7-12(11)20/h4-7,9,20H,1-3H3,(H,18,19,21). The van der Waals surface area contributed by atoms with Gasteiger partial charge in [0.25, 0.3) is 5.56 Å². The SMILES string of the molecule is Cc1sc2nc(C(C)OC(=O)c3ccccc3O)[nH]c(=O)c2c1C. The van der Waals surface area contributed by atoms with Gasteiger partial charge in [-0.05, 0) is 38.5 Å². The van der Waals surface area contributed by atoms with Crippen molar-refractivity contribution >= 4 is 27.5 Å². The largest absolute Gasteiger partial charge is 0.507 e. The van der Waals surface area contributed by atoms with Crippen molar-refractivity contribution in [3.63, 3.8) is 0 Å². The van der Waals surface area contributed by atoms with Gasteiger partial charge in [-0.2, -0.15) is 0 Å². The van der Waals surface area contributed by atoms with Crippen LogP contribution in [0.1, 0.15) is 39.7 Å². The molecule has 1 unspecified atom stereocenters. The van der Waals surface area contributed by atoms with Gasteiger partial charge in [0.05, 0.1) is 5.39 Å². The highest BCUT2D eigenvalue weighted by atomic mass is 32.1. The predicted octanol–water partition coefficient (Wildman–Crippen LogP) is 3.23. The average molecular weight is 344 g/mol. The Bertz CT molecular complexity index is 990. The van der Waals surface area contributed by atoms with Crippen molar-refractivity contribution in [1.29, 1.82) is 0 Å². The van der Waals surface area contributed by atoms with E-state index < -0.39 is 12.1 Å². The average Bonchev–Trinajstić information content (AvgIpc) is 2.82. The molecule has 3 rings (SSSR count). The number of aromatic hydroxyl groups is 1. The highest BCUT2D eigenvalue weighted by Crippen LogP contribution is 2.27. The highest BCUT2D eigenvalue weighted by molar-refractivity contribution is 7.18. The number of nitrogens with zero attached hydrogens (tertiary/aromatic N) is 1. The summed E-state index contributed by atoms with van der Waals surface area (Å²) in [5, 5.41) is 10.3. The number of benzene rings is 1. The first-order chi connectivity index (χ1) is 11.4. The van der Waals surface area contributed by atoms with E-state index in [-0.39, 0.29) is 22.7 Å². The molecule has 0 bridgehead atoms. The van der Waals surface area contributed by atoms with E-state index in [0.29, 0.717) is 10.2 Å². The number of rotatable bonds is 3. The molecule has 3 aromatic rings. The molecule has 0 saturated heterocycles. The first-order valence-electron chi connectivity index (χ1n) is 7.37. The summed E-state index contributed by atoms with van der Waals surface area (Å²) in [4.78, 5) is 33.2. The zero-order valence-corrected chi connectivity index (χ0v) is 14.2. The Labute approximate surface area is 141 Å². The van der Waals surface area contributed by atoms with Crippen LogP contribution in [0, 0.1) is 13.8 Å². The van der Waals surface area contributed by atoms with E-state index in [2.05, 4.69) is 9.97 Å². The molecule has 2 N–H and O–H groups in total. The first-order valence-corrected chi connectivity index (χ1v) is 8.19. The van der Waals surface area contributed by atoms with Crippen molar-refractivity contribution in [3.8, 4) is 5.75 Å². The molecule has 0 amide bonds. The van der Waals surface area contributed by atoms with Crippen LogP contribution in [0.5, 0.6) is 5.75 Å². The molecule has 0 aliphatic heterocycles. The second-order valence-corrected chi connectivity index (χ2v) is 6.68. The third-order valence-electron chi connectivity index (χ3n) is 3.85. The van der Waals surface area contributed by atoms with Crippen LogP contribution in [0.2, 0.25) is 0 Å². The second kappa shape index (κ2) is 6.09. The number of carbonyl (C=O) groups is 1. The number of carbonyl (C=O) groups excluding carboxylic acids is 1. The number of nitrogens with one attached hydrogen (secondary N) is 1. The van der Waals surface area contributed by atoms with Crippen molar-refractivity contribution < 1.29 is 14.6 Å². The lowest BCUT2D eigenvalue weighted by atomic mass is 10.2. The number of esters is 1. The van der Waals surface area contributed by atoms with Crippen LogP contribution >= 0.6 is 11.3 Å². The van der Waals surface area contributed by atoms with Crippen LogP contribution < -0.4 is 5.56 Å². The smallest absolute Gasteiger partial charge is 0.342 e. The van der Waals surface area contributed by atoms with E-state index in [1.807, 2.05) is 13.8 Å². The number of aryl methyl sites for hydroxylation is 2.